The van der Waals surface area contributed by atoms with Crippen LogP contribution in [0.3, 0.4) is 0 Å². The van der Waals surface area contributed by atoms with Gasteiger partial charge >= 0.3 is 0 Å². The lowest BCUT2D eigenvalue weighted by atomic mass is 10.1. The van der Waals surface area contributed by atoms with Gasteiger partial charge in [0.25, 0.3) is 0 Å². The lowest BCUT2D eigenvalue weighted by Gasteiger charge is -2.17. The number of hydrogen-bond donors (Lipinski definition) is 2. The number of amides is 1. The van der Waals surface area contributed by atoms with Gasteiger partial charge in [0.05, 0.1) is 0 Å². The Morgan fingerprint density at radius 1 is 1.38 bits per heavy atom. The Balaban J connectivity index is 2.29. The van der Waals surface area contributed by atoms with Crippen molar-refractivity contribution in [3.8, 4) is 0 Å². The molecule has 0 aromatic carbocycles. The van der Waals surface area contributed by atoms with E-state index in [1.54, 1.807) is 0 Å². The highest BCUT2D eigenvalue weighted by molar-refractivity contribution is 5.78. The largest absolute Gasteiger partial charge is 0.353 e. The Morgan fingerprint density at radius 3 is 2.85 bits per heavy atom. The molecule has 0 aliphatic carbocycles. The quantitative estimate of drug-likeness (QED) is 0.669. The normalized spacial score (nSPS) is 24.1. The Hall–Kier alpha value is -0.570. The molecule has 3 heteroatoms. The summed E-state index contributed by atoms with van der Waals surface area (Å²) in [6.07, 6.45) is 3.35. The Morgan fingerprint density at radius 2 is 2.15 bits per heavy atom. The van der Waals surface area contributed by atoms with Gasteiger partial charge in [0.15, 0.2) is 0 Å². The van der Waals surface area contributed by atoms with Crippen LogP contribution in [0.4, 0.5) is 0 Å². The predicted octanol–water partition coefficient (Wildman–Crippen LogP) is 0.901. The molecule has 1 amide bonds. The molecule has 3 nitrogen and oxygen atoms in total. The first-order chi connectivity index (χ1) is 6.20. The summed E-state index contributed by atoms with van der Waals surface area (Å²) in [6.45, 7) is 5.99. The highest BCUT2D eigenvalue weighted by Crippen LogP contribution is 2.05. The van der Waals surface area contributed by atoms with Gasteiger partial charge in [-0.2, -0.15) is 0 Å². The van der Waals surface area contributed by atoms with E-state index < -0.39 is 0 Å². The summed E-state index contributed by atoms with van der Waals surface area (Å²) in [5.41, 5.74) is 0. The van der Waals surface area contributed by atoms with Crippen LogP contribution in [0.1, 0.15) is 33.1 Å². The zero-order valence-corrected chi connectivity index (χ0v) is 8.60. The topological polar surface area (TPSA) is 41.1 Å². The summed E-state index contributed by atoms with van der Waals surface area (Å²) < 4.78 is 0. The summed E-state index contributed by atoms with van der Waals surface area (Å²) in [5.74, 6) is 0.295. The molecule has 1 heterocycles. The van der Waals surface area contributed by atoms with Gasteiger partial charge in [-0.05, 0) is 32.4 Å². The number of carbonyl (C=O) groups is 1. The average molecular weight is 184 g/mol. The summed E-state index contributed by atoms with van der Waals surface area (Å²) >= 11 is 0. The molecule has 76 valence electrons. The molecular weight excluding hydrogens is 164 g/mol. The molecule has 0 radical (unpaired) electrons. The minimum atomic E-state index is 0.108. The molecule has 1 fully saturated rings. The minimum absolute atomic E-state index is 0.108. The highest BCUT2D eigenvalue weighted by Gasteiger charge is 2.15. The van der Waals surface area contributed by atoms with Crippen LogP contribution in [0.25, 0.3) is 0 Å². The van der Waals surface area contributed by atoms with Crippen LogP contribution in [0.15, 0.2) is 0 Å². The van der Waals surface area contributed by atoms with Crippen molar-refractivity contribution >= 4 is 5.91 Å². The van der Waals surface area contributed by atoms with E-state index in [9.17, 15) is 4.79 Å². The third-order valence-corrected chi connectivity index (χ3v) is 2.45. The van der Waals surface area contributed by atoms with Gasteiger partial charge in [-0.1, -0.05) is 13.8 Å². The first-order valence-electron chi connectivity index (χ1n) is 5.21. The van der Waals surface area contributed by atoms with Gasteiger partial charge in [-0.3, -0.25) is 4.79 Å². The van der Waals surface area contributed by atoms with E-state index in [0.29, 0.717) is 6.04 Å². The van der Waals surface area contributed by atoms with Crippen LogP contribution in [-0.4, -0.2) is 25.0 Å². The first-order valence-corrected chi connectivity index (χ1v) is 5.21. The van der Waals surface area contributed by atoms with E-state index in [0.717, 1.165) is 25.9 Å². The number of nitrogens with one attached hydrogen (secondary N) is 2. The molecule has 1 aliphatic heterocycles. The Kier molecular flexibility index (Phi) is 4.22. The molecule has 0 aromatic heterocycles. The molecule has 1 unspecified atom stereocenters. The molecule has 0 bridgehead atoms. The van der Waals surface area contributed by atoms with Crippen molar-refractivity contribution in [2.45, 2.75) is 39.2 Å². The van der Waals surface area contributed by atoms with E-state index in [4.69, 9.17) is 0 Å². The van der Waals surface area contributed by atoms with E-state index in [1.807, 2.05) is 13.8 Å². The van der Waals surface area contributed by atoms with Crippen molar-refractivity contribution in [1.29, 1.82) is 0 Å². The number of hydrogen-bond acceptors (Lipinski definition) is 2. The summed E-state index contributed by atoms with van der Waals surface area (Å²) in [5, 5.41) is 6.41. The van der Waals surface area contributed by atoms with E-state index >= 15 is 0 Å². The highest BCUT2D eigenvalue weighted by atomic mass is 16.1. The van der Waals surface area contributed by atoms with Crippen LogP contribution < -0.4 is 10.6 Å². The molecule has 1 atom stereocenters. The van der Waals surface area contributed by atoms with Crippen molar-refractivity contribution in [3.05, 3.63) is 0 Å². The van der Waals surface area contributed by atoms with Crippen LogP contribution in [0, 0.1) is 5.92 Å². The molecule has 1 rings (SSSR count). The van der Waals surface area contributed by atoms with Gasteiger partial charge in [0.2, 0.25) is 5.91 Å². The fourth-order valence-corrected chi connectivity index (χ4v) is 1.53. The second-order valence-corrected chi connectivity index (χ2v) is 4.04. The molecule has 1 aliphatic rings. The molecule has 0 spiro atoms. The average Bonchev–Trinajstić information content (AvgIpc) is 2.32. The fraction of sp³-hybridized carbons (Fsp3) is 0.900. The van der Waals surface area contributed by atoms with Crippen molar-refractivity contribution < 1.29 is 4.79 Å². The lowest BCUT2D eigenvalue weighted by molar-refractivity contribution is -0.124. The maximum Gasteiger partial charge on any atom is 0.222 e. The third kappa shape index (κ3) is 3.77. The zero-order valence-electron chi connectivity index (χ0n) is 8.60. The van der Waals surface area contributed by atoms with Crippen molar-refractivity contribution in [3.63, 3.8) is 0 Å². The minimum Gasteiger partial charge on any atom is -0.353 e. The fourth-order valence-electron chi connectivity index (χ4n) is 1.53. The molecule has 13 heavy (non-hydrogen) atoms. The van der Waals surface area contributed by atoms with Crippen LogP contribution in [-0.2, 0) is 4.79 Å². The van der Waals surface area contributed by atoms with Crippen molar-refractivity contribution in [1.82, 2.24) is 10.6 Å². The zero-order chi connectivity index (χ0) is 9.68. The van der Waals surface area contributed by atoms with Gasteiger partial charge in [-0.25, -0.2) is 0 Å². The predicted molar refractivity (Wildman–Crippen MR) is 53.5 cm³/mol. The summed E-state index contributed by atoms with van der Waals surface area (Å²) in [7, 11) is 0. The number of rotatable bonds is 2. The standard InChI is InChI=1S/C10H20N2O/c1-8(2)10(13)12-9-4-3-6-11-7-5-9/h8-9,11H,3-7H2,1-2H3,(H,12,13). The monoisotopic (exact) mass is 184 g/mol. The van der Waals surface area contributed by atoms with Crippen molar-refractivity contribution in [2.75, 3.05) is 13.1 Å². The van der Waals surface area contributed by atoms with Gasteiger partial charge < -0.3 is 10.6 Å². The van der Waals surface area contributed by atoms with E-state index in [2.05, 4.69) is 10.6 Å². The third-order valence-electron chi connectivity index (χ3n) is 2.45. The Labute approximate surface area is 80.3 Å². The first kappa shape index (κ1) is 10.5. The van der Waals surface area contributed by atoms with Gasteiger partial charge in [0, 0.05) is 12.0 Å². The maximum atomic E-state index is 11.4. The van der Waals surface area contributed by atoms with Gasteiger partial charge in [-0.15, -0.1) is 0 Å². The maximum absolute atomic E-state index is 11.4. The molecule has 2 N–H and O–H groups in total. The van der Waals surface area contributed by atoms with E-state index in [-0.39, 0.29) is 11.8 Å². The smallest absolute Gasteiger partial charge is 0.222 e. The van der Waals surface area contributed by atoms with Crippen molar-refractivity contribution in [2.24, 2.45) is 5.92 Å². The SMILES string of the molecule is CC(C)C(=O)NC1CCCNCC1. The molecule has 0 saturated carbocycles. The van der Waals surface area contributed by atoms with Gasteiger partial charge in [0.1, 0.15) is 0 Å². The number of carbonyl (C=O) groups excluding carboxylic acids is 1. The molecule has 1 saturated heterocycles. The Bertz CT molecular complexity index is 160. The second-order valence-electron chi connectivity index (χ2n) is 4.04. The summed E-state index contributed by atoms with van der Waals surface area (Å²) in [6, 6.07) is 0.393. The second kappa shape index (κ2) is 5.22. The summed E-state index contributed by atoms with van der Waals surface area (Å²) in [4.78, 5) is 11.4. The molecule has 0 aromatic rings. The lowest BCUT2D eigenvalue weighted by Crippen LogP contribution is -2.37. The van der Waals surface area contributed by atoms with Crippen LogP contribution in [0.2, 0.25) is 0 Å². The van der Waals surface area contributed by atoms with E-state index in [1.165, 1.54) is 6.42 Å². The van der Waals surface area contributed by atoms with Crippen LogP contribution >= 0.6 is 0 Å². The van der Waals surface area contributed by atoms with Crippen LogP contribution in [0.5, 0.6) is 0 Å². The molecular formula is C10H20N2O.